The van der Waals surface area contributed by atoms with Crippen LogP contribution in [0.5, 0.6) is 0 Å². The van der Waals surface area contributed by atoms with Crippen molar-refractivity contribution < 1.29 is 0 Å². The highest BCUT2D eigenvalue weighted by molar-refractivity contribution is 5.56. The first-order chi connectivity index (χ1) is 9.83. The summed E-state index contributed by atoms with van der Waals surface area (Å²) in [6.07, 6.45) is 2.00. The van der Waals surface area contributed by atoms with E-state index < -0.39 is 0 Å². The molecule has 21 heavy (non-hydrogen) atoms. The zero-order chi connectivity index (χ0) is 15.6. The zero-order valence-corrected chi connectivity index (χ0v) is 14.3. The molecule has 2 N–H and O–H groups in total. The molecule has 3 heteroatoms. The molecule has 0 aliphatic carbocycles. The number of hydrogen-bond donors (Lipinski definition) is 1. The minimum atomic E-state index is 0.216. The van der Waals surface area contributed by atoms with E-state index in [0.29, 0.717) is 0 Å². The van der Waals surface area contributed by atoms with Crippen LogP contribution in [0, 0.1) is 6.92 Å². The van der Waals surface area contributed by atoms with Crippen molar-refractivity contribution in [3.63, 3.8) is 0 Å². The van der Waals surface area contributed by atoms with Crippen molar-refractivity contribution in [2.45, 2.75) is 52.1 Å². The maximum absolute atomic E-state index is 6.20. The maximum atomic E-state index is 6.20. The summed E-state index contributed by atoms with van der Waals surface area (Å²) in [6.45, 7) is 12.3. The van der Waals surface area contributed by atoms with Gasteiger partial charge in [0, 0.05) is 36.9 Å². The van der Waals surface area contributed by atoms with Gasteiger partial charge in [-0.25, -0.2) is 0 Å². The lowest BCUT2D eigenvalue weighted by Crippen LogP contribution is -2.57. The van der Waals surface area contributed by atoms with Crippen molar-refractivity contribution in [3.8, 4) is 0 Å². The highest BCUT2D eigenvalue weighted by Crippen LogP contribution is 2.28. The number of piperazine rings is 1. The van der Waals surface area contributed by atoms with Gasteiger partial charge in [0.1, 0.15) is 0 Å². The molecule has 1 unspecified atom stereocenters. The second-order valence-electron chi connectivity index (χ2n) is 7.16. The topological polar surface area (TPSA) is 32.5 Å². The zero-order valence-electron chi connectivity index (χ0n) is 14.3. The van der Waals surface area contributed by atoms with Crippen LogP contribution in [-0.4, -0.2) is 43.2 Å². The Kier molecular flexibility index (Phi) is 4.95. The van der Waals surface area contributed by atoms with Gasteiger partial charge in [-0.05, 0) is 52.3 Å². The second kappa shape index (κ2) is 6.37. The van der Waals surface area contributed by atoms with Gasteiger partial charge in [-0.1, -0.05) is 24.6 Å². The monoisotopic (exact) mass is 289 g/mol. The molecule has 1 fully saturated rings. The van der Waals surface area contributed by atoms with Crippen LogP contribution in [0.15, 0.2) is 18.2 Å². The largest absolute Gasteiger partial charge is 0.368 e. The Hall–Kier alpha value is -1.06. The number of benzene rings is 1. The Bertz CT molecular complexity index is 481. The number of likely N-dealkylation sites (N-methyl/N-ethyl adjacent to an activating group) is 1. The van der Waals surface area contributed by atoms with E-state index in [4.69, 9.17) is 5.73 Å². The van der Waals surface area contributed by atoms with E-state index >= 15 is 0 Å². The fourth-order valence-corrected chi connectivity index (χ4v) is 3.06. The number of hydrogen-bond acceptors (Lipinski definition) is 3. The van der Waals surface area contributed by atoms with Crippen molar-refractivity contribution in [2.75, 3.05) is 31.6 Å². The highest BCUT2D eigenvalue weighted by atomic mass is 15.3. The molecule has 1 aromatic rings. The lowest BCUT2D eigenvalue weighted by atomic mass is 9.96. The molecule has 118 valence electrons. The molecule has 0 spiro atoms. The fourth-order valence-electron chi connectivity index (χ4n) is 3.06. The summed E-state index contributed by atoms with van der Waals surface area (Å²) >= 11 is 0. The standard InChI is InChI=1S/C18H31N3/c1-6-16(19)12-15-11-14(2)7-8-17(15)21-10-9-20(5)18(3,4)13-21/h7-8,11,16H,6,9-10,12-13,19H2,1-5H3. The minimum Gasteiger partial charge on any atom is -0.368 e. The molecule has 3 nitrogen and oxygen atoms in total. The van der Waals surface area contributed by atoms with Crippen molar-refractivity contribution in [1.29, 1.82) is 0 Å². The Morgan fingerprint density at radius 2 is 2.00 bits per heavy atom. The lowest BCUT2D eigenvalue weighted by molar-refractivity contribution is 0.139. The van der Waals surface area contributed by atoms with Crippen LogP contribution >= 0.6 is 0 Å². The number of rotatable bonds is 4. The third-order valence-corrected chi connectivity index (χ3v) is 4.90. The van der Waals surface area contributed by atoms with Crippen LogP contribution in [0.2, 0.25) is 0 Å². The molecule has 1 aromatic carbocycles. The van der Waals surface area contributed by atoms with E-state index in [9.17, 15) is 0 Å². The van der Waals surface area contributed by atoms with Crippen LogP contribution in [0.3, 0.4) is 0 Å². The molecule has 0 radical (unpaired) electrons. The van der Waals surface area contributed by atoms with E-state index in [-0.39, 0.29) is 11.6 Å². The normalized spacial score (nSPS) is 20.6. The van der Waals surface area contributed by atoms with E-state index in [0.717, 1.165) is 32.5 Å². The Balaban J connectivity index is 2.26. The molecule has 1 atom stereocenters. The quantitative estimate of drug-likeness (QED) is 0.925. The van der Waals surface area contributed by atoms with Gasteiger partial charge in [-0.3, -0.25) is 4.90 Å². The van der Waals surface area contributed by atoms with Crippen LogP contribution in [-0.2, 0) is 6.42 Å². The van der Waals surface area contributed by atoms with Crippen molar-refractivity contribution in [1.82, 2.24) is 4.90 Å². The number of nitrogens with zero attached hydrogens (tertiary/aromatic N) is 2. The maximum Gasteiger partial charge on any atom is 0.0400 e. The molecule has 1 aliphatic rings. The van der Waals surface area contributed by atoms with Crippen LogP contribution < -0.4 is 10.6 Å². The van der Waals surface area contributed by atoms with Gasteiger partial charge in [-0.15, -0.1) is 0 Å². The second-order valence-corrected chi connectivity index (χ2v) is 7.16. The summed E-state index contributed by atoms with van der Waals surface area (Å²) in [4.78, 5) is 4.99. The smallest absolute Gasteiger partial charge is 0.0400 e. The first-order valence-corrected chi connectivity index (χ1v) is 8.15. The summed E-state index contributed by atoms with van der Waals surface area (Å²) in [7, 11) is 2.22. The summed E-state index contributed by atoms with van der Waals surface area (Å²) in [5.74, 6) is 0. The minimum absolute atomic E-state index is 0.216. The molecular formula is C18H31N3. The van der Waals surface area contributed by atoms with Gasteiger partial charge in [0.25, 0.3) is 0 Å². The van der Waals surface area contributed by atoms with E-state index in [2.05, 4.69) is 62.7 Å². The van der Waals surface area contributed by atoms with Crippen LogP contribution in [0.1, 0.15) is 38.3 Å². The van der Waals surface area contributed by atoms with Gasteiger partial charge >= 0.3 is 0 Å². The van der Waals surface area contributed by atoms with Crippen LogP contribution in [0.4, 0.5) is 5.69 Å². The average Bonchev–Trinajstić information content (AvgIpc) is 2.42. The van der Waals surface area contributed by atoms with Crippen LogP contribution in [0.25, 0.3) is 0 Å². The number of aryl methyl sites for hydroxylation is 1. The van der Waals surface area contributed by atoms with Gasteiger partial charge in [-0.2, -0.15) is 0 Å². The molecule has 2 rings (SSSR count). The van der Waals surface area contributed by atoms with Gasteiger partial charge < -0.3 is 10.6 Å². The fraction of sp³-hybridized carbons (Fsp3) is 0.667. The van der Waals surface area contributed by atoms with Crippen molar-refractivity contribution in [2.24, 2.45) is 5.73 Å². The first-order valence-electron chi connectivity index (χ1n) is 8.15. The third kappa shape index (κ3) is 3.78. The van der Waals surface area contributed by atoms with Crippen molar-refractivity contribution >= 4 is 5.69 Å². The first kappa shape index (κ1) is 16.3. The Morgan fingerprint density at radius 3 is 2.62 bits per heavy atom. The molecule has 0 amide bonds. The predicted molar refractivity (Wildman–Crippen MR) is 92.1 cm³/mol. The summed E-state index contributed by atoms with van der Waals surface area (Å²) in [5.41, 5.74) is 10.5. The van der Waals surface area contributed by atoms with Crippen molar-refractivity contribution in [3.05, 3.63) is 29.3 Å². The lowest BCUT2D eigenvalue weighted by Gasteiger charge is -2.46. The number of nitrogens with two attached hydrogens (primary N) is 1. The molecule has 0 saturated carbocycles. The Morgan fingerprint density at radius 1 is 1.29 bits per heavy atom. The molecule has 0 aromatic heterocycles. The van der Waals surface area contributed by atoms with Gasteiger partial charge in [0.05, 0.1) is 0 Å². The molecule has 0 bridgehead atoms. The van der Waals surface area contributed by atoms with E-state index in [1.807, 2.05) is 0 Å². The van der Waals surface area contributed by atoms with Gasteiger partial charge in [0.15, 0.2) is 0 Å². The van der Waals surface area contributed by atoms with E-state index in [1.54, 1.807) is 0 Å². The highest BCUT2D eigenvalue weighted by Gasteiger charge is 2.31. The van der Waals surface area contributed by atoms with Gasteiger partial charge in [0.2, 0.25) is 0 Å². The summed E-state index contributed by atoms with van der Waals surface area (Å²) < 4.78 is 0. The van der Waals surface area contributed by atoms with E-state index in [1.165, 1.54) is 16.8 Å². The average molecular weight is 289 g/mol. The number of anilines is 1. The molecule has 1 saturated heterocycles. The predicted octanol–water partition coefficient (Wildman–Crippen LogP) is 2.81. The molecule has 1 aliphatic heterocycles. The SMILES string of the molecule is CCC(N)Cc1cc(C)ccc1N1CCN(C)C(C)(C)C1. The molecular weight excluding hydrogens is 258 g/mol. The Labute approximate surface area is 130 Å². The molecule has 1 heterocycles. The summed E-state index contributed by atoms with van der Waals surface area (Å²) in [6, 6.07) is 7.08. The third-order valence-electron chi connectivity index (χ3n) is 4.90. The summed E-state index contributed by atoms with van der Waals surface area (Å²) in [5, 5.41) is 0.